The highest BCUT2D eigenvalue weighted by molar-refractivity contribution is 8.18. The minimum Gasteiger partial charge on any atom is -0.317 e. The molecule has 0 spiro atoms. The highest BCUT2D eigenvalue weighted by atomic mass is 32.2. The van der Waals surface area contributed by atoms with E-state index in [1.54, 1.807) is 42.8 Å². The van der Waals surface area contributed by atoms with Gasteiger partial charge >= 0.3 is 6.18 Å². The Morgan fingerprint density at radius 2 is 1.85 bits per heavy atom. The van der Waals surface area contributed by atoms with Crippen molar-refractivity contribution in [1.29, 1.82) is 0 Å². The van der Waals surface area contributed by atoms with Gasteiger partial charge in [-0.3, -0.25) is 14.5 Å². The maximum atomic E-state index is 12.9. The number of hydrogen-bond acceptors (Lipinski definition) is 3. The molecule has 0 aliphatic carbocycles. The van der Waals surface area contributed by atoms with E-state index in [2.05, 4.69) is 0 Å². The van der Waals surface area contributed by atoms with Crippen molar-refractivity contribution >= 4 is 29.0 Å². The molecule has 1 aromatic heterocycles. The molecule has 8 heteroatoms. The predicted molar refractivity (Wildman–Crippen MR) is 93.7 cm³/mol. The summed E-state index contributed by atoms with van der Waals surface area (Å²) in [6.07, 6.45) is -1.31. The zero-order valence-corrected chi connectivity index (χ0v) is 14.8. The van der Waals surface area contributed by atoms with Crippen molar-refractivity contribution < 1.29 is 22.8 Å². The summed E-state index contributed by atoms with van der Waals surface area (Å²) in [4.78, 5) is 25.8. The molecule has 4 nitrogen and oxygen atoms in total. The van der Waals surface area contributed by atoms with Crippen LogP contribution in [0.5, 0.6) is 0 Å². The van der Waals surface area contributed by atoms with Crippen LogP contribution in [0.3, 0.4) is 0 Å². The largest absolute Gasteiger partial charge is 0.416 e. The lowest BCUT2D eigenvalue weighted by Gasteiger charge is -2.16. The van der Waals surface area contributed by atoms with Crippen LogP contribution in [-0.4, -0.2) is 26.7 Å². The number of amides is 2. The second-order valence-electron chi connectivity index (χ2n) is 6.00. The van der Waals surface area contributed by atoms with Crippen LogP contribution >= 0.6 is 11.8 Å². The van der Waals surface area contributed by atoms with Crippen molar-refractivity contribution in [3.05, 3.63) is 58.8 Å². The molecule has 0 radical (unpaired) electrons. The zero-order chi connectivity index (χ0) is 19.1. The average Bonchev–Trinajstić information content (AvgIpc) is 3.11. The standard InChI is InChI=1S/C18H15F3N2O2S/c1-11(2)23-16(24)15(26-17(23)25)10-14-7-4-8-22(14)13-6-3-5-12(9-13)18(19,20)21/h3-11H,1-2H3. The molecule has 2 heterocycles. The summed E-state index contributed by atoms with van der Waals surface area (Å²) < 4.78 is 40.4. The van der Waals surface area contributed by atoms with E-state index in [4.69, 9.17) is 0 Å². The molecule has 1 aliphatic heterocycles. The molecule has 26 heavy (non-hydrogen) atoms. The fraction of sp³-hybridized carbons (Fsp3) is 0.222. The third kappa shape index (κ3) is 3.41. The number of imide groups is 1. The molecule has 1 aliphatic rings. The van der Waals surface area contributed by atoms with Crippen LogP contribution in [-0.2, 0) is 11.0 Å². The van der Waals surface area contributed by atoms with Gasteiger partial charge < -0.3 is 4.57 Å². The van der Waals surface area contributed by atoms with E-state index in [1.165, 1.54) is 12.1 Å². The van der Waals surface area contributed by atoms with Crippen LogP contribution in [0, 0.1) is 0 Å². The Bertz CT molecular complexity index is 900. The van der Waals surface area contributed by atoms with E-state index in [0.29, 0.717) is 11.4 Å². The fourth-order valence-corrected chi connectivity index (χ4v) is 3.58. The summed E-state index contributed by atoms with van der Waals surface area (Å²) in [6.45, 7) is 3.48. The van der Waals surface area contributed by atoms with Crippen molar-refractivity contribution in [3.8, 4) is 5.69 Å². The van der Waals surface area contributed by atoms with Crippen molar-refractivity contribution in [2.75, 3.05) is 0 Å². The molecule has 2 amide bonds. The molecule has 136 valence electrons. The number of alkyl halides is 3. The van der Waals surface area contributed by atoms with E-state index in [-0.39, 0.29) is 16.2 Å². The van der Waals surface area contributed by atoms with Gasteiger partial charge in [-0.1, -0.05) is 6.07 Å². The van der Waals surface area contributed by atoms with Gasteiger partial charge in [0.2, 0.25) is 0 Å². The highest BCUT2D eigenvalue weighted by Crippen LogP contribution is 2.34. The second-order valence-corrected chi connectivity index (χ2v) is 6.99. The molecule has 1 fully saturated rings. The first-order chi connectivity index (χ1) is 12.2. The van der Waals surface area contributed by atoms with E-state index in [1.807, 2.05) is 0 Å². The molecule has 0 bridgehead atoms. The van der Waals surface area contributed by atoms with Gasteiger partial charge in [-0.2, -0.15) is 13.2 Å². The number of carbonyl (C=O) groups excluding carboxylic acids is 2. The van der Waals surface area contributed by atoms with Gasteiger partial charge in [-0.05, 0) is 62.0 Å². The SMILES string of the molecule is CC(C)N1C(=O)SC(=Cc2cccn2-c2cccc(C(F)(F)F)c2)C1=O. The minimum atomic E-state index is -4.44. The second kappa shape index (κ2) is 6.68. The summed E-state index contributed by atoms with van der Waals surface area (Å²) in [7, 11) is 0. The average molecular weight is 380 g/mol. The van der Waals surface area contributed by atoms with Gasteiger partial charge in [0.25, 0.3) is 11.1 Å². The molecular weight excluding hydrogens is 365 g/mol. The zero-order valence-electron chi connectivity index (χ0n) is 13.9. The Hall–Kier alpha value is -2.48. The maximum absolute atomic E-state index is 12.9. The number of hydrogen-bond donors (Lipinski definition) is 0. The number of benzene rings is 1. The topological polar surface area (TPSA) is 42.3 Å². The number of halogens is 3. The van der Waals surface area contributed by atoms with Crippen molar-refractivity contribution in [2.24, 2.45) is 0 Å². The first-order valence-electron chi connectivity index (χ1n) is 7.80. The quantitative estimate of drug-likeness (QED) is 0.709. The van der Waals surface area contributed by atoms with Gasteiger partial charge in [0.05, 0.1) is 10.5 Å². The van der Waals surface area contributed by atoms with Crippen molar-refractivity contribution in [3.63, 3.8) is 0 Å². The van der Waals surface area contributed by atoms with Crippen LogP contribution < -0.4 is 0 Å². The van der Waals surface area contributed by atoms with E-state index in [9.17, 15) is 22.8 Å². The number of rotatable bonds is 3. The fourth-order valence-electron chi connectivity index (χ4n) is 2.64. The van der Waals surface area contributed by atoms with Crippen molar-refractivity contribution in [2.45, 2.75) is 26.1 Å². The summed E-state index contributed by atoms with van der Waals surface area (Å²) in [5.41, 5.74) is 0.0764. The monoisotopic (exact) mass is 380 g/mol. The highest BCUT2D eigenvalue weighted by Gasteiger charge is 2.37. The van der Waals surface area contributed by atoms with E-state index >= 15 is 0 Å². The smallest absolute Gasteiger partial charge is 0.317 e. The van der Waals surface area contributed by atoms with Crippen LogP contribution in [0.15, 0.2) is 47.5 Å². The first-order valence-corrected chi connectivity index (χ1v) is 8.62. The van der Waals surface area contributed by atoms with Gasteiger partial charge in [-0.25, -0.2) is 0 Å². The van der Waals surface area contributed by atoms with E-state index < -0.39 is 17.6 Å². The summed E-state index contributed by atoms with van der Waals surface area (Å²) >= 11 is 0.825. The normalized spacial score (nSPS) is 17.0. The van der Waals surface area contributed by atoms with Crippen LogP contribution in [0.25, 0.3) is 11.8 Å². The first kappa shape index (κ1) is 18.3. The molecule has 2 aromatic rings. The van der Waals surface area contributed by atoms with Crippen LogP contribution in [0.4, 0.5) is 18.0 Å². The maximum Gasteiger partial charge on any atom is 0.416 e. The third-order valence-electron chi connectivity index (χ3n) is 3.85. The summed E-state index contributed by atoms with van der Waals surface area (Å²) in [5.74, 6) is -0.396. The van der Waals surface area contributed by atoms with E-state index in [0.717, 1.165) is 28.8 Å². The Kier molecular flexibility index (Phi) is 4.70. The van der Waals surface area contributed by atoms with Crippen LogP contribution in [0.1, 0.15) is 25.1 Å². The molecule has 1 aromatic carbocycles. The number of carbonyl (C=O) groups is 2. The molecule has 0 atom stereocenters. The Balaban J connectivity index is 1.98. The lowest BCUT2D eigenvalue weighted by atomic mass is 10.2. The third-order valence-corrected chi connectivity index (χ3v) is 4.73. The summed E-state index contributed by atoms with van der Waals surface area (Å²) in [5, 5.41) is -0.353. The molecule has 0 unspecified atom stereocenters. The lowest BCUT2D eigenvalue weighted by Crippen LogP contribution is -2.34. The number of thioether (sulfide) groups is 1. The molecular formula is C18H15F3N2O2S. The van der Waals surface area contributed by atoms with Crippen molar-refractivity contribution in [1.82, 2.24) is 9.47 Å². The molecule has 0 N–H and O–H groups in total. The lowest BCUT2D eigenvalue weighted by molar-refractivity contribution is -0.137. The Labute approximate surface area is 152 Å². The Morgan fingerprint density at radius 1 is 1.12 bits per heavy atom. The molecule has 0 saturated carbocycles. The minimum absolute atomic E-state index is 0.246. The number of aromatic nitrogens is 1. The van der Waals surface area contributed by atoms with Gasteiger partial charge in [0.15, 0.2) is 0 Å². The summed E-state index contributed by atoms with van der Waals surface area (Å²) in [6, 6.07) is 7.99. The Morgan fingerprint density at radius 3 is 2.46 bits per heavy atom. The molecule has 1 saturated heterocycles. The van der Waals surface area contributed by atoms with Gasteiger partial charge in [0, 0.05) is 23.6 Å². The van der Waals surface area contributed by atoms with Crippen LogP contribution in [0.2, 0.25) is 0 Å². The van der Waals surface area contributed by atoms with Gasteiger partial charge in [-0.15, -0.1) is 0 Å². The number of nitrogens with zero attached hydrogens (tertiary/aromatic N) is 2. The molecule has 3 rings (SSSR count). The predicted octanol–water partition coefficient (Wildman–Crippen LogP) is 4.94. The van der Waals surface area contributed by atoms with Gasteiger partial charge in [0.1, 0.15) is 0 Å².